The van der Waals surface area contributed by atoms with Crippen LogP contribution in [-0.2, 0) is 27.3 Å². The number of anilines is 1. The topological polar surface area (TPSA) is 81.2 Å². The van der Waals surface area contributed by atoms with Crippen molar-refractivity contribution < 1.29 is 19.5 Å². The SMILES string of the molecule is C=CCN(Cc1ccccc1)C(=O)[C@H]1[C@H]2C(=O)N([C@@H](CO)Cc3ccccc3)C(C(=O)N(CC=C)c3ccccc3Cl)C23CC(Br)[C@@H]1S3. The Morgan fingerprint density at radius 1 is 0.979 bits per heavy atom. The molecular weight excluding hydrogens is 710 g/mol. The van der Waals surface area contributed by atoms with Crippen molar-refractivity contribution in [1.29, 1.82) is 0 Å². The fourth-order valence-electron chi connectivity index (χ4n) is 7.82. The van der Waals surface area contributed by atoms with Gasteiger partial charge in [0, 0.05) is 29.7 Å². The summed E-state index contributed by atoms with van der Waals surface area (Å²) >= 11 is 12.1. The lowest BCUT2D eigenvalue weighted by atomic mass is 9.70. The summed E-state index contributed by atoms with van der Waals surface area (Å²) in [5.74, 6) is -2.14. The second-order valence-corrected chi connectivity index (χ2v) is 15.7. The number of fused-ring (bicyclic) bond motifs is 1. The van der Waals surface area contributed by atoms with Crippen molar-refractivity contribution in [3.63, 3.8) is 0 Å². The van der Waals surface area contributed by atoms with E-state index in [1.807, 2.05) is 66.7 Å². The van der Waals surface area contributed by atoms with Gasteiger partial charge in [0.2, 0.25) is 11.8 Å². The number of halogens is 2. The molecule has 0 radical (unpaired) electrons. The highest BCUT2D eigenvalue weighted by Crippen LogP contribution is 2.68. The zero-order valence-corrected chi connectivity index (χ0v) is 29.7. The standard InChI is InChI=1S/C38H39BrClN3O4S/c1-3-19-41(23-26-15-9-6-10-16-26)35(45)31-32-36(46)43(27(24-44)21-25-13-7-5-8-14-25)34(38(32)22-28(39)33(31)48-38)37(47)42(20-4-2)30-18-12-11-17-29(30)40/h3-18,27-28,31-34,44H,1-2,19-24H2/t27-,28?,31+,32+,33+,34?,38?/m1/s1. The second-order valence-electron chi connectivity index (χ2n) is 12.6. The summed E-state index contributed by atoms with van der Waals surface area (Å²) in [6, 6.07) is 24.9. The van der Waals surface area contributed by atoms with Crippen LogP contribution in [0.15, 0.2) is 110 Å². The van der Waals surface area contributed by atoms with Crippen molar-refractivity contribution >= 4 is 62.7 Å². The van der Waals surface area contributed by atoms with Gasteiger partial charge < -0.3 is 19.8 Å². The molecule has 1 spiro atoms. The van der Waals surface area contributed by atoms with E-state index in [2.05, 4.69) is 29.1 Å². The first-order chi connectivity index (χ1) is 23.2. The number of alkyl halides is 1. The van der Waals surface area contributed by atoms with Crippen LogP contribution in [0, 0.1) is 11.8 Å². The van der Waals surface area contributed by atoms with Gasteiger partial charge in [-0.05, 0) is 36.1 Å². The summed E-state index contributed by atoms with van der Waals surface area (Å²) in [6.07, 6.45) is 4.21. The number of hydrogen-bond acceptors (Lipinski definition) is 5. The van der Waals surface area contributed by atoms with E-state index in [0.717, 1.165) is 11.1 Å². The summed E-state index contributed by atoms with van der Waals surface area (Å²) in [7, 11) is 0. The van der Waals surface area contributed by atoms with E-state index in [-0.39, 0.29) is 41.0 Å². The quantitative estimate of drug-likeness (QED) is 0.168. The molecule has 10 heteroatoms. The number of likely N-dealkylation sites (tertiary alicyclic amines) is 1. The number of carbonyl (C=O) groups is 3. The third-order valence-corrected chi connectivity index (χ3v) is 13.3. The molecule has 0 saturated carbocycles. The molecule has 3 amide bonds. The molecule has 3 fully saturated rings. The number of thioether (sulfide) groups is 1. The van der Waals surface area contributed by atoms with Crippen LogP contribution in [-0.4, -0.2) is 79.2 Å². The average molecular weight is 749 g/mol. The molecule has 0 aromatic heterocycles. The Morgan fingerprint density at radius 3 is 2.23 bits per heavy atom. The smallest absolute Gasteiger partial charge is 0.251 e. The van der Waals surface area contributed by atoms with E-state index in [1.54, 1.807) is 56.8 Å². The fraction of sp³-hybridized carbons (Fsp3) is 0.342. The minimum absolute atomic E-state index is 0.104. The van der Waals surface area contributed by atoms with Gasteiger partial charge in [-0.2, -0.15) is 0 Å². The van der Waals surface area contributed by atoms with Crippen molar-refractivity contribution in [3.05, 3.63) is 126 Å². The van der Waals surface area contributed by atoms with Crippen LogP contribution in [0.5, 0.6) is 0 Å². The van der Waals surface area contributed by atoms with E-state index in [0.29, 0.717) is 36.6 Å². The van der Waals surface area contributed by atoms with Crippen molar-refractivity contribution in [1.82, 2.24) is 9.80 Å². The maximum Gasteiger partial charge on any atom is 0.251 e. The molecule has 3 heterocycles. The first-order valence-corrected chi connectivity index (χ1v) is 18.3. The number of rotatable bonds is 13. The molecule has 3 unspecified atom stereocenters. The molecule has 0 aliphatic carbocycles. The second kappa shape index (κ2) is 14.6. The summed E-state index contributed by atoms with van der Waals surface area (Å²) in [6.45, 7) is 8.34. The molecule has 1 N–H and O–H groups in total. The minimum atomic E-state index is -0.957. The van der Waals surface area contributed by atoms with E-state index in [1.165, 1.54) is 0 Å². The van der Waals surface area contributed by atoms with Gasteiger partial charge in [-0.25, -0.2) is 0 Å². The van der Waals surface area contributed by atoms with Gasteiger partial charge >= 0.3 is 0 Å². The third kappa shape index (κ3) is 6.15. The van der Waals surface area contributed by atoms with Crippen LogP contribution in [0.1, 0.15) is 17.5 Å². The number of amides is 3. The molecule has 3 aromatic rings. The van der Waals surface area contributed by atoms with Gasteiger partial charge in [-0.15, -0.1) is 24.9 Å². The van der Waals surface area contributed by atoms with Gasteiger partial charge in [0.05, 0.1) is 39.9 Å². The fourth-order valence-corrected chi connectivity index (χ4v) is 11.6. The predicted octanol–water partition coefficient (Wildman–Crippen LogP) is 6.14. The van der Waals surface area contributed by atoms with E-state index in [9.17, 15) is 14.7 Å². The average Bonchev–Trinajstić information content (AvgIpc) is 3.70. The number of nitrogens with zero attached hydrogens (tertiary/aromatic N) is 3. The number of aliphatic hydroxyl groups excluding tert-OH is 1. The number of carbonyl (C=O) groups excluding carboxylic acids is 3. The predicted molar refractivity (Wildman–Crippen MR) is 196 cm³/mol. The molecule has 48 heavy (non-hydrogen) atoms. The summed E-state index contributed by atoms with van der Waals surface area (Å²) in [5.41, 5.74) is 2.42. The van der Waals surface area contributed by atoms with Crippen molar-refractivity contribution in [2.75, 3.05) is 24.6 Å². The minimum Gasteiger partial charge on any atom is -0.394 e. The Labute approximate surface area is 299 Å². The Morgan fingerprint density at radius 2 is 1.60 bits per heavy atom. The van der Waals surface area contributed by atoms with Gasteiger partial charge in [0.15, 0.2) is 0 Å². The molecule has 3 aliphatic heterocycles. The Hall–Kier alpha value is -3.37. The summed E-state index contributed by atoms with van der Waals surface area (Å²) in [4.78, 5) is 49.6. The molecule has 3 aliphatic rings. The van der Waals surface area contributed by atoms with Crippen molar-refractivity contribution in [2.45, 2.75) is 46.3 Å². The van der Waals surface area contributed by atoms with Crippen molar-refractivity contribution in [3.8, 4) is 0 Å². The van der Waals surface area contributed by atoms with Crippen LogP contribution in [0.3, 0.4) is 0 Å². The lowest BCUT2D eigenvalue weighted by Gasteiger charge is -2.40. The van der Waals surface area contributed by atoms with E-state index < -0.39 is 28.7 Å². The number of para-hydroxylation sites is 1. The van der Waals surface area contributed by atoms with Crippen molar-refractivity contribution in [2.24, 2.45) is 11.8 Å². The Bertz CT molecular complexity index is 1680. The first-order valence-electron chi connectivity index (χ1n) is 16.1. The highest BCUT2D eigenvalue weighted by Gasteiger charge is 2.76. The normalized spacial score (nSPS) is 26.2. The highest BCUT2D eigenvalue weighted by atomic mass is 79.9. The highest BCUT2D eigenvalue weighted by molar-refractivity contribution is 9.09. The third-order valence-electron chi connectivity index (χ3n) is 9.76. The lowest BCUT2D eigenvalue weighted by Crippen LogP contribution is -2.58. The van der Waals surface area contributed by atoms with Crippen LogP contribution in [0.4, 0.5) is 5.69 Å². The molecule has 7 atom stereocenters. The van der Waals surface area contributed by atoms with Gasteiger partial charge in [-0.3, -0.25) is 14.4 Å². The first kappa shape index (κ1) is 34.5. The van der Waals surface area contributed by atoms with Gasteiger partial charge in [0.1, 0.15) is 6.04 Å². The number of hydrogen-bond donors (Lipinski definition) is 1. The van der Waals surface area contributed by atoms with E-state index >= 15 is 4.79 Å². The summed E-state index contributed by atoms with van der Waals surface area (Å²) < 4.78 is -0.912. The lowest BCUT2D eigenvalue weighted by molar-refractivity contribution is -0.145. The maximum atomic E-state index is 15.1. The molecule has 2 bridgehead atoms. The van der Waals surface area contributed by atoms with Crippen LogP contribution in [0.2, 0.25) is 5.02 Å². The zero-order valence-electron chi connectivity index (χ0n) is 26.5. The zero-order chi connectivity index (χ0) is 34.0. The van der Waals surface area contributed by atoms with Crippen LogP contribution < -0.4 is 4.90 Å². The monoisotopic (exact) mass is 747 g/mol. The largest absolute Gasteiger partial charge is 0.394 e. The number of aliphatic hydroxyl groups is 1. The molecule has 6 rings (SSSR count). The van der Waals surface area contributed by atoms with Crippen LogP contribution in [0.25, 0.3) is 0 Å². The van der Waals surface area contributed by atoms with Crippen LogP contribution >= 0.6 is 39.3 Å². The van der Waals surface area contributed by atoms with Gasteiger partial charge in [0.25, 0.3) is 5.91 Å². The molecule has 3 saturated heterocycles. The number of benzene rings is 3. The molecule has 3 aromatic carbocycles. The molecule has 250 valence electrons. The van der Waals surface area contributed by atoms with Gasteiger partial charge in [-0.1, -0.05) is 112 Å². The molecular formula is C38H39BrClN3O4S. The van der Waals surface area contributed by atoms with E-state index in [4.69, 9.17) is 11.6 Å². The summed E-state index contributed by atoms with van der Waals surface area (Å²) in [5, 5.41) is 11.1. The Balaban J connectivity index is 1.45. The maximum absolute atomic E-state index is 15.1. The Kier molecular flexibility index (Phi) is 10.5. The molecule has 7 nitrogen and oxygen atoms in total.